The Kier molecular flexibility index (Phi) is 5.05. The molecule has 2 aliphatic heterocycles. The first-order valence-electron chi connectivity index (χ1n) is 9.18. The van der Waals surface area contributed by atoms with Crippen LogP contribution in [0.1, 0.15) is 57.3 Å². The highest BCUT2D eigenvalue weighted by Gasteiger charge is 2.52. The van der Waals surface area contributed by atoms with Gasteiger partial charge in [0.15, 0.2) is 0 Å². The molecule has 3 rings (SSSR count). The molecule has 2 fully saturated rings. The lowest BCUT2D eigenvalue weighted by Crippen LogP contribution is -2.41. The van der Waals surface area contributed by atoms with Crippen LogP contribution in [0.2, 0.25) is 0 Å². The number of amides is 1. The van der Waals surface area contributed by atoms with E-state index in [0.717, 1.165) is 19.3 Å². The number of ether oxygens (including phenoxy) is 1. The number of piperidine rings is 1. The second-order valence-electron chi connectivity index (χ2n) is 8.02. The summed E-state index contributed by atoms with van der Waals surface area (Å²) in [6, 6.07) is 2.96. The zero-order valence-corrected chi connectivity index (χ0v) is 16.2. The predicted molar refractivity (Wildman–Crippen MR) is 98.4 cm³/mol. The highest BCUT2D eigenvalue weighted by Crippen LogP contribution is 2.37. The molecule has 0 spiro atoms. The van der Waals surface area contributed by atoms with Gasteiger partial charge in [-0.05, 0) is 64.6 Å². The molecular weight excluding hydrogens is 336 g/mol. The number of rotatable bonds is 3. The van der Waals surface area contributed by atoms with Crippen LogP contribution in [0.4, 0.5) is 4.39 Å². The van der Waals surface area contributed by atoms with Gasteiger partial charge in [-0.25, -0.2) is 4.39 Å². The monoisotopic (exact) mass is 363 g/mol. The SMILES string of the molecule is COc1cc(B2OC(C)(C)C(C)(C)O2)cc(F)c1C(=O)N1CCCCC1. The lowest BCUT2D eigenvalue weighted by Gasteiger charge is -2.32. The number of carbonyl (C=O) groups is 1. The van der Waals surface area contributed by atoms with Crippen LogP contribution < -0.4 is 10.2 Å². The van der Waals surface area contributed by atoms with Gasteiger partial charge in [0, 0.05) is 13.1 Å². The fourth-order valence-electron chi connectivity index (χ4n) is 3.34. The molecule has 0 radical (unpaired) electrons. The number of hydrogen-bond donors (Lipinski definition) is 0. The normalized spacial score (nSPS) is 21.8. The van der Waals surface area contributed by atoms with Crippen LogP contribution in [0.15, 0.2) is 12.1 Å². The molecule has 0 aromatic heterocycles. The van der Waals surface area contributed by atoms with Gasteiger partial charge in [0.25, 0.3) is 5.91 Å². The van der Waals surface area contributed by atoms with Crippen molar-refractivity contribution < 1.29 is 23.2 Å². The predicted octanol–water partition coefficient (Wildman–Crippen LogP) is 2.76. The maximum atomic E-state index is 14.9. The van der Waals surface area contributed by atoms with Crippen molar-refractivity contribution in [3.63, 3.8) is 0 Å². The van der Waals surface area contributed by atoms with Gasteiger partial charge in [-0.1, -0.05) is 0 Å². The summed E-state index contributed by atoms with van der Waals surface area (Å²) < 4.78 is 32.2. The Morgan fingerprint density at radius 1 is 1.12 bits per heavy atom. The van der Waals surface area contributed by atoms with E-state index in [1.54, 1.807) is 11.0 Å². The summed E-state index contributed by atoms with van der Waals surface area (Å²) in [7, 11) is 0.734. The van der Waals surface area contributed by atoms with E-state index in [1.165, 1.54) is 13.2 Å². The maximum Gasteiger partial charge on any atom is 0.495 e. The van der Waals surface area contributed by atoms with Crippen LogP contribution in [-0.2, 0) is 9.31 Å². The Balaban J connectivity index is 1.92. The van der Waals surface area contributed by atoms with Crippen LogP contribution in [-0.4, -0.2) is 49.3 Å². The van der Waals surface area contributed by atoms with E-state index in [4.69, 9.17) is 14.0 Å². The standard InChI is InChI=1S/C19H27BFNO4/c1-18(2)19(3,4)26-20(25-18)13-11-14(21)16(15(12-13)24-5)17(23)22-9-7-6-8-10-22/h11-12H,6-10H2,1-5H3. The van der Waals surface area contributed by atoms with Crippen molar-refractivity contribution in [3.8, 4) is 5.75 Å². The molecule has 0 N–H and O–H groups in total. The van der Waals surface area contributed by atoms with E-state index in [9.17, 15) is 9.18 Å². The Hall–Kier alpha value is -1.60. The molecule has 0 saturated carbocycles. The summed E-state index contributed by atoms with van der Waals surface area (Å²) in [6.07, 6.45) is 2.99. The first kappa shape index (κ1) is 19.2. The van der Waals surface area contributed by atoms with E-state index in [0.29, 0.717) is 18.6 Å². The molecule has 5 nitrogen and oxygen atoms in total. The molecule has 2 saturated heterocycles. The van der Waals surface area contributed by atoms with Gasteiger partial charge in [0.2, 0.25) is 0 Å². The third-order valence-electron chi connectivity index (χ3n) is 5.68. The van der Waals surface area contributed by atoms with E-state index in [2.05, 4.69) is 0 Å². The molecular formula is C19H27BFNO4. The van der Waals surface area contributed by atoms with Crippen molar-refractivity contribution in [2.45, 2.75) is 58.2 Å². The molecule has 0 unspecified atom stereocenters. The van der Waals surface area contributed by atoms with Gasteiger partial charge >= 0.3 is 7.12 Å². The number of carbonyl (C=O) groups excluding carboxylic acids is 1. The lowest BCUT2D eigenvalue weighted by molar-refractivity contribution is 0.00578. The molecule has 0 bridgehead atoms. The molecule has 0 aliphatic carbocycles. The van der Waals surface area contributed by atoms with Crippen molar-refractivity contribution in [3.05, 3.63) is 23.5 Å². The Morgan fingerprint density at radius 3 is 2.23 bits per heavy atom. The molecule has 1 amide bonds. The van der Waals surface area contributed by atoms with Crippen molar-refractivity contribution in [2.24, 2.45) is 0 Å². The lowest BCUT2D eigenvalue weighted by atomic mass is 9.78. The number of benzene rings is 1. The van der Waals surface area contributed by atoms with E-state index in [1.807, 2.05) is 27.7 Å². The van der Waals surface area contributed by atoms with Gasteiger partial charge in [0.05, 0.1) is 18.3 Å². The van der Waals surface area contributed by atoms with Crippen LogP contribution in [0.5, 0.6) is 5.75 Å². The Bertz CT molecular complexity index is 685. The van der Waals surface area contributed by atoms with E-state index < -0.39 is 24.1 Å². The smallest absolute Gasteiger partial charge is 0.495 e. The van der Waals surface area contributed by atoms with Crippen molar-refractivity contribution in [1.29, 1.82) is 0 Å². The number of nitrogens with zero attached hydrogens (tertiary/aromatic N) is 1. The number of hydrogen-bond acceptors (Lipinski definition) is 4. The Labute approximate surface area is 154 Å². The van der Waals surface area contributed by atoms with Gasteiger partial charge in [-0.2, -0.15) is 0 Å². The van der Waals surface area contributed by atoms with E-state index in [-0.39, 0.29) is 17.2 Å². The van der Waals surface area contributed by atoms with Crippen molar-refractivity contribution >= 4 is 18.5 Å². The highest BCUT2D eigenvalue weighted by molar-refractivity contribution is 6.62. The maximum absolute atomic E-state index is 14.9. The minimum absolute atomic E-state index is 0.0188. The van der Waals surface area contributed by atoms with Gasteiger partial charge in [0.1, 0.15) is 17.1 Å². The van der Waals surface area contributed by atoms with Crippen molar-refractivity contribution in [1.82, 2.24) is 4.90 Å². The summed E-state index contributed by atoms with van der Waals surface area (Å²) >= 11 is 0. The first-order chi connectivity index (χ1) is 12.2. The summed E-state index contributed by atoms with van der Waals surface area (Å²) in [5.74, 6) is -0.713. The van der Waals surface area contributed by atoms with Crippen LogP contribution in [0, 0.1) is 5.82 Å². The molecule has 1 aromatic carbocycles. The fraction of sp³-hybridized carbons (Fsp3) is 0.632. The van der Waals surface area contributed by atoms with Crippen LogP contribution >= 0.6 is 0 Å². The van der Waals surface area contributed by atoms with Crippen molar-refractivity contribution in [2.75, 3.05) is 20.2 Å². The number of likely N-dealkylation sites (tertiary alicyclic amines) is 1. The third kappa shape index (κ3) is 3.34. The number of halogens is 1. The molecule has 2 aliphatic rings. The van der Waals surface area contributed by atoms with Gasteiger partial charge < -0.3 is 18.9 Å². The van der Waals surface area contributed by atoms with Gasteiger partial charge in [-0.3, -0.25) is 4.79 Å². The zero-order valence-electron chi connectivity index (χ0n) is 16.2. The Morgan fingerprint density at radius 2 is 1.69 bits per heavy atom. The summed E-state index contributed by atoms with van der Waals surface area (Å²) in [6.45, 7) is 9.06. The highest BCUT2D eigenvalue weighted by atomic mass is 19.1. The third-order valence-corrected chi connectivity index (χ3v) is 5.68. The second kappa shape index (κ2) is 6.85. The van der Waals surface area contributed by atoms with Gasteiger partial charge in [-0.15, -0.1) is 0 Å². The molecule has 142 valence electrons. The van der Waals surface area contributed by atoms with Crippen LogP contribution in [0.3, 0.4) is 0 Å². The summed E-state index contributed by atoms with van der Waals surface area (Å²) in [5, 5.41) is 0. The number of methoxy groups -OCH3 is 1. The minimum Gasteiger partial charge on any atom is -0.496 e. The topological polar surface area (TPSA) is 48.0 Å². The fourth-order valence-corrected chi connectivity index (χ4v) is 3.34. The quantitative estimate of drug-likeness (QED) is 0.775. The minimum atomic E-state index is -0.706. The molecule has 2 heterocycles. The molecule has 1 aromatic rings. The second-order valence-corrected chi connectivity index (χ2v) is 8.02. The van der Waals surface area contributed by atoms with Crippen LogP contribution in [0.25, 0.3) is 0 Å². The first-order valence-corrected chi connectivity index (χ1v) is 9.18. The summed E-state index contributed by atoms with van der Waals surface area (Å²) in [4.78, 5) is 14.5. The largest absolute Gasteiger partial charge is 0.496 e. The summed E-state index contributed by atoms with van der Waals surface area (Å²) in [5.41, 5.74) is -0.560. The molecule has 26 heavy (non-hydrogen) atoms. The average molecular weight is 363 g/mol. The average Bonchev–Trinajstić information content (AvgIpc) is 2.82. The molecule has 7 heteroatoms. The molecule has 0 atom stereocenters. The zero-order chi connectivity index (χ0) is 19.1. The van der Waals surface area contributed by atoms with E-state index >= 15 is 0 Å².